The van der Waals surface area contributed by atoms with E-state index in [-0.39, 0.29) is 19.5 Å². The first-order valence-electron chi connectivity index (χ1n) is 7.23. The van der Waals surface area contributed by atoms with E-state index < -0.39 is 0 Å². The average Bonchev–Trinajstić information content (AvgIpc) is 3.06. The molecule has 0 atom stereocenters. The molecule has 0 amide bonds. The molecule has 0 aliphatic rings. The van der Waals surface area contributed by atoms with Crippen LogP contribution in [0.1, 0.15) is 49.9 Å². The Balaban J connectivity index is 0.000000324. The summed E-state index contributed by atoms with van der Waals surface area (Å²) in [6.07, 6.45) is 4.71. The number of hydrogen-bond acceptors (Lipinski definition) is 0. The Bertz CT molecular complexity index is 355. The van der Waals surface area contributed by atoms with Gasteiger partial charge in [-0.2, -0.15) is 34.4 Å². The van der Waals surface area contributed by atoms with Gasteiger partial charge in [-0.15, -0.1) is 0 Å². The third kappa shape index (κ3) is 5.45. The first kappa shape index (κ1) is 18.3. The van der Waals surface area contributed by atoms with Crippen LogP contribution in [0.4, 0.5) is 0 Å². The number of aryl methyl sites for hydroxylation is 4. The molecule has 0 saturated heterocycles. The summed E-state index contributed by atoms with van der Waals surface area (Å²) < 4.78 is 0. The second-order valence-electron chi connectivity index (χ2n) is 4.57. The van der Waals surface area contributed by atoms with Gasteiger partial charge in [-0.3, -0.25) is 0 Å². The van der Waals surface area contributed by atoms with E-state index in [9.17, 15) is 0 Å². The maximum absolute atomic E-state index is 2.21. The first-order valence-corrected chi connectivity index (χ1v) is 7.23. The fourth-order valence-electron chi connectivity index (χ4n) is 2.37. The van der Waals surface area contributed by atoms with Crippen molar-refractivity contribution >= 4 is 0 Å². The molecule has 2 aromatic rings. The second-order valence-corrected chi connectivity index (χ2v) is 4.57. The van der Waals surface area contributed by atoms with Gasteiger partial charge < -0.3 is 0 Å². The van der Waals surface area contributed by atoms with E-state index in [0.717, 1.165) is 0 Å². The van der Waals surface area contributed by atoms with Crippen LogP contribution in [0.15, 0.2) is 36.4 Å². The van der Waals surface area contributed by atoms with Crippen molar-refractivity contribution in [1.29, 1.82) is 0 Å². The third-order valence-electron chi connectivity index (χ3n) is 3.54. The molecule has 0 bridgehead atoms. The summed E-state index contributed by atoms with van der Waals surface area (Å²) >= 11 is 0. The monoisotopic (exact) mass is 344 g/mol. The van der Waals surface area contributed by atoms with Crippen LogP contribution in [-0.2, 0) is 45.2 Å². The average molecular weight is 343 g/mol. The third-order valence-corrected chi connectivity index (χ3v) is 3.54. The Kier molecular flexibility index (Phi) is 9.79. The van der Waals surface area contributed by atoms with Crippen molar-refractivity contribution in [3.8, 4) is 0 Å². The molecule has 1 heteroatoms. The summed E-state index contributed by atoms with van der Waals surface area (Å²) in [4.78, 5) is 0. The van der Waals surface area contributed by atoms with E-state index in [2.05, 4.69) is 64.1 Å². The molecule has 0 aliphatic carbocycles. The van der Waals surface area contributed by atoms with Crippen molar-refractivity contribution < 1.29 is 19.5 Å². The summed E-state index contributed by atoms with van der Waals surface area (Å²) in [6.45, 7) is 8.81. The van der Waals surface area contributed by atoms with Crippen molar-refractivity contribution in [1.82, 2.24) is 0 Å². The Morgan fingerprint density at radius 3 is 1.32 bits per heavy atom. The smallest absolute Gasteiger partial charge is 0.213 e. The molecule has 0 saturated carbocycles. The molecule has 0 unspecified atom stereocenters. The summed E-state index contributed by atoms with van der Waals surface area (Å²) in [5.74, 6) is 0. The topological polar surface area (TPSA) is 0 Å². The molecule has 0 fully saturated rings. The molecule has 0 aromatic heterocycles. The summed E-state index contributed by atoms with van der Waals surface area (Å²) in [5, 5.41) is 0. The fourth-order valence-corrected chi connectivity index (χ4v) is 2.37. The van der Waals surface area contributed by atoms with Crippen LogP contribution in [0.5, 0.6) is 0 Å². The van der Waals surface area contributed by atoms with E-state index in [1.165, 1.54) is 47.9 Å². The van der Waals surface area contributed by atoms with Crippen molar-refractivity contribution in [3.63, 3.8) is 0 Å². The van der Waals surface area contributed by atoms with Gasteiger partial charge in [-0.1, -0.05) is 53.4 Å². The molecule has 19 heavy (non-hydrogen) atoms. The zero-order valence-electron chi connectivity index (χ0n) is 12.6. The van der Waals surface area contributed by atoms with Gasteiger partial charge in [0.25, 0.3) is 0 Å². The molecule has 2 aromatic carbocycles. The van der Waals surface area contributed by atoms with Gasteiger partial charge in [0.05, 0.1) is 0 Å². The van der Waals surface area contributed by atoms with E-state index in [4.69, 9.17) is 0 Å². The van der Waals surface area contributed by atoms with E-state index >= 15 is 0 Å². The van der Waals surface area contributed by atoms with E-state index in [0.29, 0.717) is 0 Å². The van der Waals surface area contributed by atoms with Crippen LogP contribution >= 0.6 is 0 Å². The Hall–Kier alpha value is -0.677. The molecular formula is C18H26Ru. The van der Waals surface area contributed by atoms with Crippen molar-refractivity contribution in [2.24, 2.45) is 0 Å². The SMILES string of the molecule is CCc1ccc[c-]1CC.CCc1ccc[c-]1CC.[Ru+2]. The van der Waals surface area contributed by atoms with Gasteiger partial charge in [-0.05, 0) is 0 Å². The maximum atomic E-state index is 2.21. The molecular weight excluding hydrogens is 317 g/mol. The molecule has 0 heterocycles. The van der Waals surface area contributed by atoms with Crippen LogP contribution in [0, 0.1) is 0 Å². The minimum absolute atomic E-state index is 0. The van der Waals surface area contributed by atoms with Crippen LogP contribution in [0.3, 0.4) is 0 Å². The van der Waals surface area contributed by atoms with Gasteiger partial charge in [0, 0.05) is 0 Å². The summed E-state index contributed by atoms with van der Waals surface area (Å²) in [5.41, 5.74) is 6.05. The van der Waals surface area contributed by atoms with Crippen LogP contribution < -0.4 is 0 Å². The van der Waals surface area contributed by atoms with Crippen molar-refractivity contribution in [2.45, 2.75) is 53.4 Å². The molecule has 0 radical (unpaired) electrons. The molecule has 0 N–H and O–H groups in total. The standard InChI is InChI=1S/2C9H13.Ru/c2*1-3-8-6-5-7-9(8)4-2;/h2*5-7H,3-4H2,1-2H3;/q2*-1;+2. The van der Waals surface area contributed by atoms with Crippen LogP contribution in [-0.4, -0.2) is 0 Å². The predicted molar refractivity (Wildman–Crippen MR) is 81.6 cm³/mol. The van der Waals surface area contributed by atoms with Crippen LogP contribution in [0.25, 0.3) is 0 Å². The van der Waals surface area contributed by atoms with Crippen LogP contribution in [0.2, 0.25) is 0 Å². The summed E-state index contributed by atoms with van der Waals surface area (Å²) in [7, 11) is 0. The van der Waals surface area contributed by atoms with Crippen molar-refractivity contribution in [3.05, 3.63) is 58.7 Å². The second kappa shape index (κ2) is 10.2. The molecule has 2 rings (SSSR count). The molecule has 0 spiro atoms. The Labute approximate surface area is 131 Å². The quantitative estimate of drug-likeness (QED) is 0.538. The largest absolute Gasteiger partial charge is 2.00 e. The van der Waals surface area contributed by atoms with Gasteiger partial charge in [-0.25, -0.2) is 24.3 Å². The number of rotatable bonds is 4. The maximum Gasteiger partial charge on any atom is 2.00 e. The minimum atomic E-state index is 0. The van der Waals surface area contributed by atoms with Crippen molar-refractivity contribution in [2.75, 3.05) is 0 Å². The van der Waals surface area contributed by atoms with Gasteiger partial charge in [0.15, 0.2) is 0 Å². The van der Waals surface area contributed by atoms with Gasteiger partial charge in [0.1, 0.15) is 0 Å². The first-order chi connectivity index (χ1) is 8.76. The molecule has 106 valence electrons. The number of hydrogen-bond donors (Lipinski definition) is 0. The van der Waals surface area contributed by atoms with E-state index in [1.54, 1.807) is 0 Å². The van der Waals surface area contributed by atoms with E-state index in [1.807, 2.05) is 0 Å². The minimum Gasteiger partial charge on any atom is -0.213 e. The molecule has 0 nitrogen and oxygen atoms in total. The Morgan fingerprint density at radius 2 is 1.11 bits per heavy atom. The zero-order chi connectivity index (χ0) is 13.4. The normalized spacial score (nSPS) is 9.47. The zero-order valence-corrected chi connectivity index (χ0v) is 14.4. The Morgan fingerprint density at radius 1 is 0.737 bits per heavy atom. The molecule has 0 aliphatic heterocycles. The van der Waals surface area contributed by atoms with Gasteiger partial charge >= 0.3 is 19.5 Å². The van der Waals surface area contributed by atoms with Gasteiger partial charge in [0.2, 0.25) is 0 Å². The summed E-state index contributed by atoms with van der Waals surface area (Å²) in [6, 6.07) is 13.1. The predicted octanol–water partition coefficient (Wildman–Crippen LogP) is 5.06. The fraction of sp³-hybridized carbons (Fsp3) is 0.444.